The molecule has 114 valence electrons. The summed E-state index contributed by atoms with van der Waals surface area (Å²) in [5.41, 5.74) is 1.14. The molecular weight excluding hydrogens is 328 g/mol. The van der Waals surface area contributed by atoms with Crippen molar-refractivity contribution in [3.8, 4) is 0 Å². The van der Waals surface area contributed by atoms with E-state index in [0.29, 0.717) is 6.42 Å². The van der Waals surface area contributed by atoms with Crippen molar-refractivity contribution in [3.05, 3.63) is 34.3 Å². The summed E-state index contributed by atoms with van der Waals surface area (Å²) < 4.78 is 1.08. The van der Waals surface area contributed by atoms with Gasteiger partial charge in [-0.05, 0) is 68.8 Å². The van der Waals surface area contributed by atoms with Crippen molar-refractivity contribution < 1.29 is 4.79 Å². The maximum absolute atomic E-state index is 12.3. The van der Waals surface area contributed by atoms with Gasteiger partial charge in [0, 0.05) is 10.9 Å². The Labute approximate surface area is 135 Å². The molecule has 0 unspecified atom stereocenters. The minimum Gasteiger partial charge on any atom is -0.347 e. The second-order valence-corrected chi connectivity index (χ2v) is 7.29. The molecule has 3 nitrogen and oxygen atoms in total. The zero-order valence-electron chi connectivity index (χ0n) is 12.3. The maximum Gasteiger partial charge on any atom is 0.220 e. The fraction of sp³-hybridized carbons (Fsp3) is 0.588. The molecule has 4 heteroatoms. The monoisotopic (exact) mass is 350 g/mol. The first-order chi connectivity index (χ1) is 10.2. The van der Waals surface area contributed by atoms with Crippen LogP contribution in [0.5, 0.6) is 0 Å². The van der Waals surface area contributed by atoms with Gasteiger partial charge in [-0.2, -0.15) is 0 Å². The zero-order valence-corrected chi connectivity index (χ0v) is 13.9. The van der Waals surface area contributed by atoms with Crippen molar-refractivity contribution in [2.24, 2.45) is 5.92 Å². The molecule has 1 saturated carbocycles. The second kappa shape index (κ2) is 6.49. The molecular formula is C17H23BrN2O. The molecule has 0 atom stereocenters. The van der Waals surface area contributed by atoms with Crippen LogP contribution in [0.15, 0.2) is 28.7 Å². The third-order valence-corrected chi connectivity index (χ3v) is 5.24. The minimum absolute atomic E-state index is 0.0883. The Hall–Kier alpha value is -0.870. The van der Waals surface area contributed by atoms with Gasteiger partial charge >= 0.3 is 0 Å². The summed E-state index contributed by atoms with van der Waals surface area (Å²) >= 11 is 3.51. The predicted molar refractivity (Wildman–Crippen MR) is 88.0 cm³/mol. The van der Waals surface area contributed by atoms with E-state index in [-0.39, 0.29) is 11.4 Å². The number of nitrogens with one attached hydrogen (secondary N) is 2. The number of piperidine rings is 1. The molecule has 1 aromatic carbocycles. The molecule has 0 aromatic heterocycles. The number of rotatable bonds is 5. The normalized spacial score (nSPS) is 21.0. The van der Waals surface area contributed by atoms with Crippen LogP contribution >= 0.6 is 15.9 Å². The van der Waals surface area contributed by atoms with Gasteiger partial charge in [0.15, 0.2) is 0 Å². The molecule has 0 bridgehead atoms. The Bertz CT molecular complexity index is 507. The molecule has 2 aliphatic rings. The highest BCUT2D eigenvalue weighted by Crippen LogP contribution is 2.46. The van der Waals surface area contributed by atoms with Crippen molar-refractivity contribution in [1.29, 1.82) is 0 Å². The van der Waals surface area contributed by atoms with E-state index in [0.717, 1.165) is 42.7 Å². The van der Waals surface area contributed by atoms with Gasteiger partial charge in [0.05, 0.1) is 5.54 Å². The SMILES string of the molecule is O=C(CCC1CCNCC1)NC1(c2cccc(Br)c2)CC1. The molecule has 1 saturated heterocycles. The fourth-order valence-corrected chi connectivity index (χ4v) is 3.63. The van der Waals surface area contributed by atoms with Crippen LogP contribution in [-0.4, -0.2) is 19.0 Å². The number of hydrogen-bond acceptors (Lipinski definition) is 2. The van der Waals surface area contributed by atoms with E-state index >= 15 is 0 Å². The second-order valence-electron chi connectivity index (χ2n) is 6.37. The highest BCUT2D eigenvalue weighted by Gasteiger charge is 2.45. The molecule has 1 aliphatic carbocycles. The van der Waals surface area contributed by atoms with E-state index in [2.05, 4.69) is 38.7 Å². The first-order valence-electron chi connectivity index (χ1n) is 7.96. The van der Waals surface area contributed by atoms with E-state index in [4.69, 9.17) is 0 Å². The van der Waals surface area contributed by atoms with Gasteiger partial charge in [0.2, 0.25) is 5.91 Å². The predicted octanol–water partition coefficient (Wildman–Crippen LogP) is 3.33. The molecule has 1 heterocycles. The molecule has 1 aliphatic heterocycles. The quantitative estimate of drug-likeness (QED) is 0.854. The number of carbonyl (C=O) groups excluding carboxylic acids is 1. The number of benzene rings is 1. The zero-order chi connectivity index (χ0) is 14.7. The Kier molecular flexibility index (Phi) is 4.65. The summed E-state index contributed by atoms with van der Waals surface area (Å²) in [5.74, 6) is 0.934. The van der Waals surface area contributed by atoms with Crippen molar-refractivity contribution in [2.75, 3.05) is 13.1 Å². The van der Waals surface area contributed by atoms with E-state index < -0.39 is 0 Å². The number of hydrogen-bond donors (Lipinski definition) is 2. The summed E-state index contributed by atoms with van der Waals surface area (Å²) in [6, 6.07) is 8.31. The van der Waals surface area contributed by atoms with Crippen molar-refractivity contribution in [1.82, 2.24) is 10.6 Å². The lowest BCUT2D eigenvalue weighted by Gasteiger charge is -2.23. The Balaban J connectivity index is 1.52. The van der Waals surface area contributed by atoms with E-state index in [1.54, 1.807) is 0 Å². The molecule has 2 N–H and O–H groups in total. The van der Waals surface area contributed by atoms with Crippen LogP contribution in [0.3, 0.4) is 0 Å². The number of carbonyl (C=O) groups is 1. The fourth-order valence-electron chi connectivity index (χ4n) is 3.23. The summed E-state index contributed by atoms with van der Waals surface area (Å²) in [6.45, 7) is 2.21. The molecule has 1 aromatic rings. The minimum atomic E-state index is -0.0883. The first-order valence-corrected chi connectivity index (χ1v) is 8.75. The van der Waals surface area contributed by atoms with Gasteiger partial charge in [-0.15, -0.1) is 0 Å². The van der Waals surface area contributed by atoms with E-state index in [1.165, 1.54) is 18.4 Å². The lowest BCUT2D eigenvalue weighted by Crippen LogP contribution is -2.35. The molecule has 2 fully saturated rings. The summed E-state index contributed by atoms with van der Waals surface area (Å²) in [4.78, 5) is 12.3. The van der Waals surface area contributed by atoms with Gasteiger partial charge < -0.3 is 10.6 Å². The van der Waals surface area contributed by atoms with Crippen LogP contribution in [0.2, 0.25) is 0 Å². The van der Waals surface area contributed by atoms with Gasteiger partial charge in [-0.1, -0.05) is 28.1 Å². The number of amides is 1. The van der Waals surface area contributed by atoms with Gasteiger partial charge in [0.1, 0.15) is 0 Å². The standard InChI is InChI=1S/C17H23BrN2O/c18-15-3-1-2-14(12-15)17(8-9-17)20-16(21)5-4-13-6-10-19-11-7-13/h1-3,12-13,19H,4-11H2,(H,20,21). The van der Waals surface area contributed by atoms with Crippen LogP contribution in [-0.2, 0) is 10.3 Å². The third-order valence-electron chi connectivity index (χ3n) is 4.74. The summed E-state index contributed by atoms with van der Waals surface area (Å²) in [5, 5.41) is 6.65. The van der Waals surface area contributed by atoms with Crippen LogP contribution in [0, 0.1) is 5.92 Å². The molecule has 21 heavy (non-hydrogen) atoms. The number of halogens is 1. The molecule has 1 amide bonds. The lowest BCUT2D eigenvalue weighted by molar-refractivity contribution is -0.122. The first kappa shape index (κ1) is 15.0. The Morgan fingerprint density at radius 3 is 2.76 bits per heavy atom. The summed E-state index contributed by atoms with van der Waals surface area (Å²) in [7, 11) is 0. The van der Waals surface area contributed by atoms with Crippen LogP contribution in [0.4, 0.5) is 0 Å². The van der Waals surface area contributed by atoms with Gasteiger partial charge in [-0.25, -0.2) is 0 Å². The third kappa shape index (κ3) is 3.86. The Morgan fingerprint density at radius 2 is 2.10 bits per heavy atom. The van der Waals surface area contributed by atoms with Gasteiger partial charge in [0.25, 0.3) is 0 Å². The molecule has 3 rings (SSSR count). The average Bonchev–Trinajstić information content (AvgIpc) is 3.27. The summed E-state index contributed by atoms with van der Waals surface area (Å²) in [6.07, 6.45) is 6.24. The van der Waals surface area contributed by atoms with Crippen molar-refractivity contribution in [3.63, 3.8) is 0 Å². The highest BCUT2D eigenvalue weighted by molar-refractivity contribution is 9.10. The van der Waals surface area contributed by atoms with Crippen LogP contribution in [0.1, 0.15) is 44.1 Å². The van der Waals surface area contributed by atoms with Crippen LogP contribution < -0.4 is 10.6 Å². The largest absolute Gasteiger partial charge is 0.347 e. The lowest BCUT2D eigenvalue weighted by atomic mass is 9.93. The van der Waals surface area contributed by atoms with Crippen molar-refractivity contribution in [2.45, 2.75) is 44.1 Å². The average molecular weight is 351 g/mol. The van der Waals surface area contributed by atoms with Crippen molar-refractivity contribution >= 4 is 21.8 Å². The van der Waals surface area contributed by atoms with E-state index in [9.17, 15) is 4.79 Å². The molecule has 0 spiro atoms. The molecule has 0 radical (unpaired) electrons. The van der Waals surface area contributed by atoms with Gasteiger partial charge in [-0.3, -0.25) is 4.79 Å². The maximum atomic E-state index is 12.3. The Morgan fingerprint density at radius 1 is 1.33 bits per heavy atom. The van der Waals surface area contributed by atoms with E-state index in [1.807, 2.05) is 12.1 Å². The smallest absolute Gasteiger partial charge is 0.220 e. The topological polar surface area (TPSA) is 41.1 Å². The highest BCUT2D eigenvalue weighted by atomic mass is 79.9. The van der Waals surface area contributed by atoms with Crippen LogP contribution in [0.25, 0.3) is 0 Å².